The van der Waals surface area contributed by atoms with Crippen molar-refractivity contribution in [1.82, 2.24) is 15.5 Å². The van der Waals surface area contributed by atoms with Crippen LogP contribution in [0, 0.1) is 5.21 Å². The van der Waals surface area contributed by atoms with E-state index >= 15 is 0 Å². The molecule has 0 radical (unpaired) electrons. The number of hydrogen-bond acceptors (Lipinski definition) is 4. The number of amides is 2. The smallest absolute Gasteiger partial charge is 0.317 e. The van der Waals surface area contributed by atoms with Gasteiger partial charge >= 0.3 is 6.03 Å². The number of nitrogens with one attached hydrogen (secondary N) is 2. The van der Waals surface area contributed by atoms with Gasteiger partial charge in [-0.15, -0.1) is 0 Å². The number of hydrogen-bond donors (Lipinski definition) is 3. The first kappa shape index (κ1) is 14.3. The topological polar surface area (TPSA) is 90.7 Å². The maximum atomic E-state index is 11.3. The van der Waals surface area contributed by atoms with Crippen molar-refractivity contribution in [3.63, 3.8) is 0 Å². The summed E-state index contributed by atoms with van der Waals surface area (Å²) in [7, 11) is 0. The van der Waals surface area contributed by atoms with Crippen LogP contribution in [0.4, 0.5) is 10.5 Å². The summed E-state index contributed by atoms with van der Waals surface area (Å²) < 4.78 is 0.259. The van der Waals surface area contributed by atoms with Crippen LogP contribution >= 0.6 is 0 Å². The lowest BCUT2D eigenvalue weighted by atomic mass is 10.2. The van der Waals surface area contributed by atoms with Gasteiger partial charge in [-0.1, -0.05) is 24.3 Å². The molecule has 2 amide bonds. The van der Waals surface area contributed by atoms with Gasteiger partial charge in [0, 0.05) is 32.9 Å². The Bertz CT molecular complexity index is 489. The van der Waals surface area contributed by atoms with Crippen molar-refractivity contribution < 1.29 is 14.6 Å². The number of aliphatic hydroxyl groups is 1. The number of aliphatic hydroxyl groups excluding tert-OH is 1. The molecular formula is C13H17N4O3-. The molecule has 1 unspecified atom stereocenters. The fourth-order valence-electron chi connectivity index (χ4n) is 1.98. The first-order chi connectivity index (χ1) is 9.58. The molecule has 1 heterocycles. The van der Waals surface area contributed by atoms with Crippen LogP contribution in [0.25, 0.3) is 0 Å². The van der Waals surface area contributed by atoms with Gasteiger partial charge in [0.25, 0.3) is 0 Å². The Morgan fingerprint density at radius 1 is 1.50 bits per heavy atom. The lowest BCUT2D eigenvalue weighted by Gasteiger charge is -2.18. The molecule has 0 aliphatic carbocycles. The molecule has 108 valence electrons. The van der Waals surface area contributed by atoms with Gasteiger partial charge in [-0.2, -0.15) is 0 Å². The summed E-state index contributed by atoms with van der Waals surface area (Å²) in [6.07, 6.45) is -0.854. The van der Waals surface area contributed by atoms with E-state index < -0.39 is 6.23 Å². The Morgan fingerprint density at radius 2 is 2.20 bits per heavy atom. The lowest BCUT2D eigenvalue weighted by Crippen LogP contribution is -2.35. The first-order valence-electron chi connectivity index (χ1n) is 6.34. The predicted octanol–water partition coefficient (Wildman–Crippen LogP) is 0.0117. The van der Waals surface area contributed by atoms with E-state index in [0.29, 0.717) is 37.4 Å². The van der Waals surface area contributed by atoms with Gasteiger partial charge < -0.3 is 25.3 Å². The third kappa shape index (κ3) is 3.46. The van der Waals surface area contributed by atoms with Gasteiger partial charge in [0.1, 0.15) is 6.23 Å². The Balaban J connectivity index is 1.80. The normalized spacial score (nSPS) is 16.1. The second-order valence-corrected chi connectivity index (χ2v) is 4.49. The van der Waals surface area contributed by atoms with Crippen molar-refractivity contribution in [2.45, 2.75) is 6.23 Å². The van der Waals surface area contributed by atoms with Gasteiger partial charge in [-0.25, -0.2) is 4.79 Å². The van der Waals surface area contributed by atoms with E-state index in [0.717, 1.165) is 0 Å². The van der Waals surface area contributed by atoms with Crippen LogP contribution in [0.1, 0.15) is 11.8 Å². The molecule has 1 fully saturated rings. The number of benzene rings is 1. The largest absolute Gasteiger partial charge is 0.651 e. The van der Waals surface area contributed by atoms with Crippen molar-refractivity contribution in [2.75, 3.05) is 26.2 Å². The van der Waals surface area contributed by atoms with Crippen molar-refractivity contribution in [1.29, 1.82) is 0 Å². The van der Waals surface area contributed by atoms with Crippen LogP contribution in [0.5, 0.6) is 0 Å². The highest BCUT2D eigenvalue weighted by atomic mass is 16.5. The molecule has 7 nitrogen and oxygen atoms in total. The zero-order valence-electron chi connectivity index (χ0n) is 11.0. The lowest BCUT2D eigenvalue weighted by molar-refractivity contribution is -0.349. The fraction of sp³-hybridized carbons (Fsp3) is 0.385. The molecule has 2 rings (SSSR count). The molecule has 3 N–H and O–H groups in total. The van der Waals surface area contributed by atoms with E-state index in [4.69, 9.17) is 6.72 Å². The average molecular weight is 277 g/mol. The molecule has 0 aromatic heterocycles. The van der Waals surface area contributed by atoms with E-state index in [2.05, 4.69) is 10.6 Å². The summed E-state index contributed by atoms with van der Waals surface area (Å²) in [6.45, 7) is 7.40. The second-order valence-electron chi connectivity index (χ2n) is 4.49. The van der Waals surface area contributed by atoms with Gasteiger partial charge in [-0.3, -0.25) is 5.32 Å². The van der Waals surface area contributed by atoms with Crippen LogP contribution in [0.3, 0.4) is 0 Å². The zero-order chi connectivity index (χ0) is 14.5. The van der Waals surface area contributed by atoms with Gasteiger partial charge in [0.15, 0.2) is 0 Å². The Kier molecular flexibility index (Phi) is 4.54. The molecule has 1 aromatic carbocycles. The van der Waals surface area contributed by atoms with Crippen LogP contribution in [0.15, 0.2) is 24.3 Å². The highest BCUT2D eigenvalue weighted by molar-refractivity contribution is 5.76. The van der Waals surface area contributed by atoms with Crippen LogP contribution in [-0.4, -0.2) is 53.7 Å². The van der Waals surface area contributed by atoms with Gasteiger partial charge in [0.2, 0.25) is 0 Å². The summed E-state index contributed by atoms with van der Waals surface area (Å²) in [5.41, 5.74) is 0.941. The van der Waals surface area contributed by atoms with Gasteiger partial charge in [-0.05, 0) is 5.56 Å². The van der Waals surface area contributed by atoms with Crippen molar-refractivity contribution in [3.8, 4) is 0 Å². The summed E-state index contributed by atoms with van der Waals surface area (Å²) in [5, 5.41) is 26.4. The standard InChI is InChI=1S/C13H17N4O3/c1-16(20)11-4-2-10(3-5-11)12(18)14-6-8-17-9-7-15-13(17)19/h1-5,12,14,18H,6-9H2,(H,15,19)/q-1. The van der Waals surface area contributed by atoms with E-state index in [1.165, 1.54) is 12.1 Å². The third-order valence-corrected chi connectivity index (χ3v) is 3.13. The van der Waals surface area contributed by atoms with Crippen LogP contribution < -0.4 is 10.6 Å². The highest BCUT2D eigenvalue weighted by Crippen LogP contribution is 2.15. The van der Waals surface area contributed by atoms with Gasteiger partial charge in [0.05, 0.1) is 5.69 Å². The third-order valence-electron chi connectivity index (χ3n) is 3.13. The second kappa shape index (κ2) is 6.36. The quantitative estimate of drug-likeness (QED) is 0.171. The average Bonchev–Trinajstić information content (AvgIpc) is 2.84. The summed E-state index contributed by atoms with van der Waals surface area (Å²) in [4.78, 5) is 13.0. The SMILES string of the molecule is [CH-]=[N+]([O-])c1ccc(C(O)NCCN2CCNC2=O)cc1. The molecule has 1 aliphatic rings. The summed E-state index contributed by atoms with van der Waals surface area (Å²) in [5.74, 6) is 0. The number of carbonyl (C=O) groups excluding carboxylic acids is 1. The molecular weight excluding hydrogens is 260 g/mol. The van der Waals surface area contributed by atoms with Crippen molar-refractivity contribution in [2.24, 2.45) is 0 Å². The molecule has 0 bridgehead atoms. The van der Waals surface area contributed by atoms with Crippen molar-refractivity contribution >= 4 is 18.4 Å². The number of nitrogens with zero attached hydrogens (tertiary/aromatic N) is 2. The Labute approximate surface area is 117 Å². The van der Waals surface area contributed by atoms with E-state index in [1.54, 1.807) is 17.0 Å². The summed E-state index contributed by atoms with van der Waals surface area (Å²) in [6, 6.07) is 6.22. The molecule has 1 aromatic rings. The Hall–Kier alpha value is -2.12. The maximum absolute atomic E-state index is 11.3. The van der Waals surface area contributed by atoms with E-state index in [-0.39, 0.29) is 10.8 Å². The molecule has 20 heavy (non-hydrogen) atoms. The molecule has 7 heteroatoms. The van der Waals surface area contributed by atoms with E-state index in [1.807, 2.05) is 0 Å². The van der Waals surface area contributed by atoms with Crippen LogP contribution in [0.2, 0.25) is 0 Å². The Morgan fingerprint density at radius 3 is 2.75 bits per heavy atom. The molecule has 0 spiro atoms. The van der Waals surface area contributed by atoms with E-state index in [9.17, 15) is 15.1 Å². The number of carbonyl (C=O) groups is 1. The molecule has 1 saturated heterocycles. The number of urea groups is 1. The predicted molar refractivity (Wildman–Crippen MR) is 73.7 cm³/mol. The fourth-order valence-corrected chi connectivity index (χ4v) is 1.98. The summed E-state index contributed by atoms with van der Waals surface area (Å²) >= 11 is 0. The van der Waals surface area contributed by atoms with Crippen LogP contribution in [-0.2, 0) is 0 Å². The minimum absolute atomic E-state index is 0.0795. The minimum Gasteiger partial charge on any atom is -0.651 e. The highest BCUT2D eigenvalue weighted by Gasteiger charge is 2.18. The zero-order valence-corrected chi connectivity index (χ0v) is 11.0. The molecule has 1 aliphatic heterocycles. The molecule has 1 atom stereocenters. The minimum atomic E-state index is -0.854. The number of rotatable bonds is 6. The van der Waals surface area contributed by atoms with Crippen molar-refractivity contribution in [3.05, 3.63) is 35.0 Å². The molecule has 0 saturated carbocycles. The maximum Gasteiger partial charge on any atom is 0.317 e. The first-order valence-corrected chi connectivity index (χ1v) is 6.34. The monoisotopic (exact) mass is 277 g/mol.